The van der Waals surface area contributed by atoms with E-state index in [1.807, 2.05) is 53.6 Å². The largest absolute Gasteiger partial charge is 0.497 e. The van der Waals surface area contributed by atoms with Crippen LogP contribution in [-0.2, 0) is 13.0 Å². The van der Waals surface area contributed by atoms with Gasteiger partial charge in [-0.05, 0) is 70.8 Å². The number of aromatic amines is 1. The number of nitrogens with one attached hydrogen (secondary N) is 2. The number of urea groups is 1. The van der Waals surface area contributed by atoms with E-state index in [4.69, 9.17) is 16.3 Å². The lowest BCUT2D eigenvalue weighted by atomic mass is 9.93. The molecule has 0 spiro atoms. The number of carbonyl (C=O) groups excluding carboxylic acids is 1. The number of rotatable bonds is 9. The van der Waals surface area contributed by atoms with Gasteiger partial charge in [0, 0.05) is 40.9 Å². The number of aromatic nitrogens is 1. The van der Waals surface area contributed by atoms with Crippen LogP contribution in [0.5, 0.6) is 5.75 Å². The van der Waals surface area contributed by atoms with Crippen LogP contribution in [0, 0.1) is 0 Å². The molecular weight excluding hydrogens is 482 g/mol. The van der Waals surface area contributed by atoms with E-state index in [0.717, 1.165) is 44.6 Å². The molecule has 3 aromatic carbocycles. The fourth-order valence-corrected chi connectivity index (χ4v) is 4.82. The van der Waals surface area contributed by atoms with E-state index in [-0.39, 0.29) is 6.03 Å². The van der Waals surface area contributed by atoms with Gasteiger partial charge in [0.2, 0.25) is 0 Å². The summed E-state index contributed by atoms with van der Waals surface area (Å²) in [5.41, 5.74) is 6.45. The predicted molar refractivity (Wildman–Crippen MR) is 154 cm³/mol. The molecule has 0 aliphatic heterocycles. The zero-order valence-corrected chi connectivity index (χ0v) is 23.0. The number of para-hydroxylation sites is 1. The Labute approximate surface area is 224 Å². The van der Waals surface area contributed by atoms with E-state index in [1.54, 1.807) is 7.11 Å². The number of H-pyrrole nitrogens is 1. The molecule has 4 aromatic rings. The summed E-state index contributed by atoms with van der Waals surface area (Å²) in [7, 11) is 1.67. The molecule has 1 heterocycles. The molecule has 2 N–H and O–H groups in total. The Balaban J connectivity index is 1.62. The molecule has 0 aliphatic rings. The second kappa shape index (κ2) is 11.7. The minimum Gasteiger partial charge on any atom is -0.497 e. The third-order valence-corrected chi connectivity index (χ3v) is 7.06. The maximum atomic E-state index is 13.8. The fraction of sp³-hybridized carbons (Fsp3) is 0.323. The first-order chi connectivity index (χ1) is 17.8. The number of anilines is 1. The number of hydrogen-bond donors (Lipinski definition) is 2. The quantitative estimate of drug-likeness (QED) is 0.234. The summed E-state index contributed by atoms with van der Waals surface area (Å²) >= 11 is 6.11. The molecule has 0 aliphatic carbocycles. The highest BCUT2D eigenvalue weighted by Gasteiger charge is 2.20. The van der Waals surface area contributed by atoms with Crippen LogP contribution in [0.15, 0.2) is 66.9 Å². The second-order valence-electron chi connectivity index (χ2n) is 10.1. The van der Waals surface area contributed by atoms with E-state index in [0.29, 0.717) is 36.4 Å². The monoisotopic (exact) mass is 517 g/mol. The Morgan fingerprint density at radius 1 is 1.00 bits per heavy atom. The summed E-state index contributed by atoms with van der Waals surface area (Å²) in [6.07, 6.45) is 2.73. The van der Waals surface area contributed by atoms with Gasteiger partial charge in [-0.1, -0.05) is 69.6 Å². The van der Waals surface area contributed by atoms with Crippen LogP contribution in [0.1, 0.15) is 61.8 Å². The lowest BCUT2D eigenvalue weighted by Crippen LogP contribution is -2.36. The molecule has 0 saturated heterocycles. The standard InChI is InChI=1S/C31H36ClN3O2/c1-20(2)26-7-6-8-27(21(3)4)30(26)34-31(36)35(19-22-9-11-24(32)12-10-22)16-15-23-18-33-29-14-13-25(37-5)17-28(23)29/h6-14,17-18,20-21,33H,15-16,19H2,1-5H3,(H,34,36). The molecule has 0 atom stereocenters. The topological polar surface area (TPSA) is 57.4 Å². The molecular formula is C31H36ClN3O2. The van der Waals surface area contributed by atoms with Crippen molar-refractivity contribution in [2.24, 2.45) is 0 Å². The van der Waals surface area contributed by atoms with Crippen LogP contribution in [0.4, 0.5) is 10.5 Å². The van der Waals surface area contributed by atoms with Gasteiger partial charge in [0.05, 0.1) is 7.11 Å². The number of halogens is 1. The van der Waals surface area contributed by atoms with Crippen LogP contribution in [0.25, 0.3) is 10.9 Å². The Hall–Kier alpha value is -3.44. The van der Waals surface area contributed by atoms with Crippen molar-refractivity contribution in [2.75, 3.05) is 19.0 Å². The van der Waals surface area contributed by atoms with Crippen molar-refractivity contribution in [2.45, 2.75) is 52.5 Å². The van der Waals surface area contributed by atoms with Crippen LogP contribution < -0.4 is 10.1 Å². The molecule has 0 saturated carbocycles. The summed E-state index contributed by atoms with van der Waals surface area (Å²) < 4.78 is 5.43. The molecule has 4 rings (SSSR count). The smallest absolute Gasteiger partial charge is 0.322 e. The van der Waals surface area contributed by atoms with Crippen molar-refractivity contribution in [3.8, 4) is 5.75 Å². The lowest BCUT2D eigenvalue weighted by Gasteiger charge is -2.26. The maximum Gasteiger partial charge on any atom is 0.322 e. The third-order valence-electron chi connectivity index (χ3n) is 6.80. The number of nitrogens with zero attached hydrogens (tertiary/aromatic N) is 1. The van der Waals surface area contributed by atoms with Crippen LogP contribution in [-0.4, -0.2) is 29.6 Å². The number of hydrogen-bond acceptors (Lipinski definition) is 2. The van der Waals surface area contributed by atoms with E-state index < -0.39 is 0 Å². The Bertz CT molecular complexity index is 1330. The molecule has 2 amide bonds. The highest BCUT2D eigenvalue weighted by molar-refractivity contribution is 6.30. The minimum atomic E-state index is -0.109. The van der Waals surface area contributed by atoms with Gasteiger partial charge >= 0.3 is 6.03 Å². The number of benzene rings is 3. The van der Waals surface area contributed by atoms with Crippen molar-refractivity contribution < 1.29 is 9.53 Å². The van der Waals surface area contributed by atoms with Gasteiger partial charge in [-0.2, -0.15) is 0 Å². The van der Waals surface area contributed by atoms with Crippen LogP contribution in [0.3, 0.4) is 0 Å². The van der Waals surface area contributed by atoms with Crippen molar-refractivity contribution in [3.63, 3.8) is 0 Å². The first kappa shape index (κ1) is 26.6. The normalized spacial score (nSPS) is 11.4. The van der Waals surface area contributed by atoms with E-state index in [9.17, 15) is 4.79 Å². The SMILES string of the molecule is COc1ccc2[nH]cc(CCN(Cc3ccc(Cl)cc3)C(=O)Nc3c(C(C)C)cccc3C(C)C)c2c1. The average molecular weight is 518 g/mol. The number of amides is 2. The summed E-state index contributed by atoms with van der Waals surface area (Å²) in [4.78, 5) is 19.0. The van der Waals surface area contributed by atoms with Gasteiger partial charge in [0.25, 0.3) is 0 Å². The molecule has 1 aromatic heterocycles. The van der Waals surface area contributed by atoms with E-state index in [1.165, 1.54) is 0 Å². The number of methoxy groups -OCH3 is 1. The second-order valence-corrected chi connectivity index (χ2v) is 10.5. The average Bonchev–Trinajstić information content (AvgIpc) is 3.29. The van der Waals surface area contributed by atoms with Crippen LogP contribution >= 0.6 is 11.6 Å². The summed E-state index contributed by atoms with van der Waals surface area (Å²) in [6, 6.07) is 19.9. The van der Waals surface area contributed by atoms with Gasteiger partial charge in [-0.3, -0.25) is 0 Å². The van der Waals surface area contributed by atoms with Gasteiger partial charge in [0.1, 0.15) is 5.75 Å². The molecule has 0 radical (unpaired) electrons. The van der Waals surface area contributed by atoms with Crippen molar-refractivity contribution in [3.05, 3.63) is 94.1 Å². The maximum absolute atomic E-state index is 13.8. The summed E-state index contributed by atoms with van der Waals surface area (Å²) in [6.45, 7) is 9.67. The molecule has 6 heteroatoms. The van der Waals surface area contributed by atoms with E-state index in [2.05, 4.69) is 56.2 Å². The van der Waals surface area contributed by atoms with E-state index >= 15 is 0 Å². The van der Waals surface area contributed by atoms with Gasteiger partial charge in [-0.15, -0.1) is 0 Å². The fourth-order valence-electron chi connectivity index (χ4n) is 4.69. The summed E-state index contributed by atoms with van der Waals surface area (Å²) in [5, 5.41) is 5.08. The molecule has 0 unspecified atom stereocenters. The summed E-state index contributed by atoms with van der Waals surface area (Å²) in [5.74, 6) is 1.40. The highest BCUT2D eigenvalue weighted by Crippen LogP contribution is 2.33. The molecule has 194 valence electrons. The Morgan fingerprint density at radius 3 is 2.30 bits per heavy atom. The first-order valence-electron chi connectivity index (χ1n) is 12.8. The Morgan fingerprint density at radius 2 is 1.68 bits per heavy atom. The zero-order valence-electron chi connectivity index (χ0n) is 22.3. The minimum absolute atomic E-state index is 0.109. The zero-order chi connectivity index (χ0) is 26.5. The Kier molecular flexibility index (Phi) is 8.45. The predicted octanol–water partition coefficient (Wildman–Crippen LogP) is 8.35. The third kappa shape index (κ3) is 6.28. The number of fused-ring (bicyclic) bond motifs is 1. The number of ether oxygens (including phenoxy) is 1. The molecule has 5 nitrogen and oxygen atoms in total. The first-order valence-corrected chi connectivity index (χ1v) is 13.2. The van der Waals surface area contributed by atoms with Gasteiger partial charge in [0.15, 0.2) is 0 Å². The number of carbonyl (C=O) groups is 1. The highest BCUT2D eigenvalue weighted by atomic mass is 35.5. The van der Waals surface area contributed by atoms with Crippen molar-refractivity contribution in [1.82, 2.24) is 9.88 Å². The van der Waals surface area contributed by atoms with Crippen LogP contribution in [0.2, 0.25) is 5.02 Å². The molecule has 0 bridgehead atoms. The molecule has 0 fully saturated rings. The van der Waals surface area contributed by atoms with Crippen molar-refractivity contribution >= 4 is 34.2 Å². The van der Waals surface area contributed by atoms with Gasteiger partial charge < -0.3 is 19.9 Å². The van der Waals surface area contributed by atoms with Crippen molar-refractivity contribution in [1.29, 1.82) is 0 Å². The molecule has 37 heavy (non-hydrogen) atoms. The lowest BCUT2D eigenvalue weighted by molar-refractivity contribution is 0.210. The van der Waals surface area contributed by atoms with Gasteiger partial charge in [-0.25, -0.2) is 4.79 Å².